The molecule has 80 valence electrons. The average Bonchev–Trinajstić information content (AvgIpc) is 2.44. The fourth-order valence-electron chi connectivity index (χ4n) is 1.31. The highest BCUT2D eigenvalue weighted by molar-refractivity contribution is 4.97. The van der Waals surface area contributed by atoms with Crippen molar-refractivity contribution in [2.45, 2.75) is 27.2 Å². The molecule has 3 heteroatoms. The second-order valence-electron chi connectivity index (χ2n) is 4.98. The van der Waals surface area contributed by atoms with Crippen molar-refractivity contribution >= 4 is 0 Å². The van der Waals surface area contributed by atoms with Crippen molar-refractivity contribution in [2.75, 3.05) is 13.1 Å². The van der Waals surface area contributed by atoms with Gasteiger partial charge in [0, 0.05) is 38.4 Å². The van der Waals surface area contributed by atoms with Gasteiger partial charge in [-0.25, -0.2) is 4.98 Å². The van der Waals surface area contributed by atoms with E-state index in [2.05, 4.69) is 35.6 Å². The molecule has 0 bridgehead atoms. The molecule has 0 saturated heterocycles. The monoisotopic (exact) mass is 195 g/mol. The standard InChI is InChI=1S/C11H21N3/c1-11(2,3)8-12-6-5-10-7-13-9-14(10)4/h7,9,12H,5-6,8H2,1-4H3. The summed E-state index contributed by atoms with van der Waals surface area (Å²) in [5.74, 6) is 0. The summed E-state index contributed by atoms with van der Waals surface area (Å²) in [5.41, 5.74) is 1.65. The van der Waals surface area contributed by atoms with Crippen LogP contribution in [0.15, 0.2) is 12.5 Å². The van der Waals surface area contributed by atoms with E-state index in [0.717, 1.165) is 19.5 Å². The Morgan fingerprint density at radius 2 is 2.14 bits per heavy atom. The van der Waals surface area contributed by atoms with Crippen LogP contribution in [0, 0.1) is 5.41 Å². The van der Waals surface area contributed by atoms with E-state index >= 15 is 0 Å². The normalized spacial score (nSPS) is 12.0. The van der Waals surface area contributed by atoms with Crippen LogP contribution in [0.3, 0.4) is 0 Å². The Morgan fingerprint density at radius 3 is 2.64 bits per heavy atom. The molecule has 1 aromatic heterocycles. The van der Waals surface area contributed by atoms with E-state index in [4.69, 9.17) is 0 Å². The van der Waals surface area contributed by atoms with Gasteiger partial charge < -0.3 is 9.88 Å². The number of aryl methyl sites for hydroxylation is 1. The molecule has 0 fully saturated rings. The second-order valence-corrected chi connectivity index (χ2v) is 4.98. The van der Waals surface area contributed by atoms with Gasteiger partial charge >= 0.3 is 0 Å². The minimum Gasteiger partial charge on any atom is -0.338 e. The third-order valence-corrected chi connectivity index (χ3v) is 2.13. The van der Waals surface area contributed by atoms with Crippen LogP contribution in [0.2, 0.25) is 0 Å². The summed E-state index contributed by atoms with van der Waals surface area (Å²) in [7, 11) is 2.03. The van der Waals surface area contributed by atoms with Gasteiger partial charge in [0.15, 0.2) is 0 Å². The van der Waals surface area contributed by atoms with E-state index in [1.807, 2.05) is 19.6 Å². The zero-order chi connectivity index (χ0) is 10.6. The number of nitrogens with zero attached hydrogens (tertiary/aromatic N) is 2. The smallest absolute Gasteiger partial charge is 0.0945 e. The zero-order valence-corrected chi connectivity index (χ0v) is 9.67. The molecule has 0 atom stereocenters. The van der Waals surface area contributed by atoms with E-state index < -0.39 is 0 Å². The predicted molar refractivity (Wildman–Crippen MR) is 59.2 cm³/mol. The summed E-state index contributed by atoms with van der Waals surface area (Å²) >= 11 is 0. The number of hydrogen-bond donors (Lipinski definition) is 1. The molecular weight excluding hydrogens is 174 g/mol. The van der Waals surface area contributed by atoms with Crippen molar-refractivity contribution in [3.63, 3.8) is 0 Å². The summed E-state index contributed by atoms with van der Waals surface area (Å²) in [6, 6.07) is 0. The fraction of sp³-hybridized carbons (Fsp3) is 0.727. The summed E-state index contributed by atoms with van der Waals surface area (Å²) in [5, 5.41) is 3.45. The molecule has 0 aromatic carbocycles. The minimum absolute atomic E-state index is 0.368. The Labute approximate surface area is 86.5 Å². The van der Waals surface area contributed by atoms with Crippen molar-refractivity contribution < 1.29 is 0 Å². The minimum atomic E-state index is 0.368. The summed E-state index contributed by atoms with van der Waals surface area (Å²) in [6.45, 7) is 8.81. The Balaban J connectivity index is 2.20. The van der Waals surface area contributed by atoms with E-state index in [0.29, 0.717) is 5.41 Å². The lowest BCUT2D eigenvalue weighted by Crippen LogP contribution is -2.28. The van der Waals surface area contributed by atoms with Crippen molar-refractivity contribution in [3.05, 3.63) is 18.2 Å². The van der Waals surface area contributed by atoms with Gasteiger partial charge in [-0.3, -0.25) is 0 Å². The summed E-state index contributed by atoms with van der Waals surface area (Å²) < 4.78 is 2.07. The molecule has 0 aliphatic heterocycles. The largest absolute Gasteiger partial charge is 0.338 e. The lowest BCUT2D eigenvalue weighted by Gasteiger charge is -2.18. The molecule has 0 radical (unpaired) electrons. The van der Waals surface area contributed by atoms with Crippen molar-refractivity contribution in [1.82, 2.24) is 14.9 Å². The third-order valence-electron chi connectivity index (χ3n) is 2.13. The van der Waals surface area contributed by atoms with Gasteiger partial charge in [0.05, 0.1) is 6.33 Å². The summed E-state index contributed by atoms with van der Waals surface area (Å²) in [4.78, 5) is 4.08. The lowest BCUT2D eigenvalue weighted by molar-refractivity contribution is 0.381. The van der Waals surface area contributed by atoms with Crippen LogP contribution in [-0.4, -0.2) is 22.6 Å². The molecule has 14 heavy (non-hydrogen) atoms. The van der Waals surface area contributed by atoms with E-state index in [1.165, 1.54) is 5.69 Å². The van der Waals surface area contributed by atoms with Crippen LogP contribution in [0.4, 0.5) is 0 Å². The van der Waals surface area contributed by atoms with E-state index in [9.17, 15) is 0 Å². The van der Waals surface area contributed by atoms with E-state index in [-0.39, 0.29) is 0 Å². The average molecular weight is 195 g/mol. The van der Waals surface area contributed by atoms with Crippen LogP contribution >= 0.6 is 0 Å². The highest BCUT2D eigenvalue weighted by Gasteiger charge is 2.08. The first kappa shape index (κ1) is 11.2. The van der Waals surface area contributed by atoms with Gasteiger partial charge in [-0.15, -0.1) is 0 Å². The van der Waals surface area contributed by atoms with Gasteiger partial charge in [0.2, 0.25) is 0 Å². The zero-order valence-electron chi connectivity index (χ0n) is 9.67. The van der Waals surface area contributed by atoms with Crippen LogP contribution in [0.25, 0.3) is 0 Å². The number of rotatable bonds is 4. The maximum Gasteiger partial charge on any atom is 0.0945 e. The molecule has 1 N–H and O–H groups in total. The van der Waals surface area contributed by atoms with Crippen LogP contribution < -0.4 is 5.32 Å². The molecule has 3 nitrogen and oxygen atoms in total. The molecule has 1 rings (SSSR count). The first-order valence-electron chi connectivity index (χ1n) is 5.15. The Morgan fingerprint density at radius 1 is 1.43 bits per heavy atom. The first-order valence-corrected chi connectivity index (χ1v) is 5.15. The molecule has 0 aliphatic rings. The highest BCUT2D eigenvalue weighted by atomic mass is 15.0. The molecule has 0 amide bonds. The number of hydrogen-bond acceptors (Lipinski definition) is 2. The molecule has 0 unspecified atom stereocenters. The van der Waals surface area contributed by atoms with Crippen molar-refractivity contribution in [1.29, 1.82) is 0 Å². The Kier molecular flexibility index (Phi) is 3.69. The lowest BCUT2D eigenvalue weighted by atomic mass is 9.97. The van der Waals surface area contributed by atoms with Crippen molar-refractivity contribution in [3.8, 4) is 0 Å². The second kappa shape index (κ2) is 4.60. The maximum atomic E-state index is 4.08. The molecule has 0 aliphatic carbocycles. The molecule has 1 heterocycles. The summed E-state index contributed by atoms with van der Waals surface area (Å²) in [6.07, 6.45) is 4.82. The molecule has 1 aromatic rings. The third kappa shape index (κ3) is 3.92. The van der Waals surface area contributed by atoms with Gasteiger partial charge in [-0.1, -0.05) is 20.8 Å². The van der Waals surface area contributed by atoms with Crippen LogP contribution in [0.1, 0.15) is 26.5 Å². The van der Waals surface area contributed by atoms with Gasteiger partial charge in [-0.05, 0) is 5.41 Å². The predicted octanol–water partition coefficient (Wildman–Crippen LogP) is 1.60. The maximum absolute atomic E-state index is 4.08. The quantitative estimate of drug-likeness (QED) is 0.740. The highest BCUT2D eigenvalue weighted by Crippen LogP contribution is 2.10. The van der Waals surface area contributed by atoms with Gasteiger partial charge in [0.25, 0.3) is 0 Å². The topological polar surface area (TPSA) is 29.9 Å². The molecule has 0 saturated carbocycles. The molecular formula is C11H21N3. The SMILES string of the molecule is Cn1cncc1CCNCC(C)(C)C. The number of imidazole rings is 1. The molecule has 0 spiro atoms. The number of aromatic nitrogens is 2. The van der Waals surface area contributed by atoms with E-state index in [1.54, 1.807) is 0 Å². The Bertz CT molecular complexity index is 270. The van der Waals surface area contributed by atoms with Gasteiger partial charge in [0.1, 0.15) is 0 Å². The van der Waals surface area contributed by atoms with Crippen LogP contribution in [0.5, 0.6) is 0 Å². The fourth-order valence-corrected chi connectivity index (χ4v) is 1.31. The van der Waals surface area contributed by atoms with Crippen LogP contribution in [-0.2, 0) is 13.5 Å². The Hall–Kier alpha value is -0.830. The van der Waals surface area contributed by atoms with Gasteiger partial charge in [-0.2, -0.15) is 0 Å². The number of nitrogens with one attached hydrogen (secondary N) is 1. The first-order chi connectivity index (χ1) is 6.49. The van der Waals surface area contributed by atoms with Crippen molar-refractivity contribution in [2.24, 2.45) is 12.5 Å².